The lowest BCUT2D eigenvalue weighted by Gasteiger charge is -2.56. The molecule has 1 unspecified atom stereocenters. The number of hydrogen-bond acceptors (Lipinski definition) is 3. The van der Waals surface area contributed by atoms with Gasteiger partial charge in [0.2, 0.25) is 11.8 Å². The number of aliphatic hydroxyl groups is 1. The van der Waals surface area contributed by atoms with Crippen molar-refractivity contribution in [3.05, 3.63) is 0 Å². The topological polar surface area (TPSA) is 69.6 Å². The molecule has 0 spiro atoms. The van der Waals surface area contributed by atoms with E-state index >= 15 is 0 Å². The smallest absolute Gasteiger partial charge is 0.225 e. The molecule has 0 aromatic rings. The molecule has 1 aliphatic heterocycles. The third-order valence-electron chi connectivity index (χ3n) is 9.29. The fourth-order valence-electron chi connectivity index (χ4n) is 6.84. The van der Waals surface area contributed by atoms with E-state index in [2.05, 4.69) is 26.1 Å². The first kappa shape index (κ1) is 22.1. The summed E-state index contributed by atoms with van der Waals surface area (Å²) in [6.07, 6.45) is 7.80. The van der Waals surface area contributed by atoms with Crippen LogP contribution in [-0.2, 0) is 9.59 Å². The molecule has 0 radical (unpaired) electrons. The number of fused-ring (bicyclic) bond motifs is 1. The summed E-state index contributed by atoms with van der Waals surface area (Å²) >= 11 is 0. The molecular weight excluding hydrogens is 376 g/mol. The molecule has 0 aromatic heterocycles. The Morgan fingerprint density at radius 1 is 1.03 bits per heavy atom. The van der Waals surface area contributed by atoms with E-state index in [0.29, 0.717) is 5.92 Å². The van der Waals surface area contributed by atoms with Gasteiger partial charge in [-0.1, -0.05) is 27.7 Å². The number of aliphatic hydroxyl groups excluding tert-OH is 1. The van der Waals surface area contributed by atoms with Gasteiger partial charge in [0, 0.05) is 31.0 Å². The van der Waals surface area contributed by atoms with Gasteiger partial charge in [-0.2, -0.15) is 0 Å². The van der Waals surface area contributed by atoms with Gasteiger partial charge in [-0.05, 0) is 80.5 Å². The van der Waals surface area contributed by atoms with E-state index in [9.17, 15) is 14.7 Å². The zero-order chi connectivity index (χ0) is 21.6. The Morgan fingerprint density at radius 3 is 2.30 bits per heavy atom. The van der Waals surface area contributed by atoms with Crippen LogP contribution in [0.1, 0.15) is 79.1 Å². The number of piperidine rings is 1. The van der Waals surface area contributed by atoms with Crippen molar-refractivity contribution in [2.24, 2.45) is 40.9 Å². The molecule has 4 rings (SSSR count). The maximum atomic E-state index is 13.2. The summed E-state index contributed by atoms with van der Waals surface area (Å²) < 4.78 is 0. The number of carbonyl (C=O) groups excluding carboxylic acids is 2. The van der Waals surface area contributed by atoms with E-state index in [1.165, 1.54) is 0 Å². The summed E-state index contributed by atoms with van der Waals surface area (Å²) in [5, 5.41) is 14.8. The number of carbonyl (C=O) groups is 2. The van der Waals surface area contributed by atoms with Crippen molar-refractivity contribution in [3.63, 3.8) is 0 Å². The zero-order valence-electron chi connectivity index (χ0n) is 19.4. The van der Waals surface area contributed by atoms with Crippen LogP contribution in [0.5, 0.6) is 0 Å². The highest BCUT2D eigenvalue weighted by molar-refractivity contribution is 5.81. The lowest BCUT2D eigenvalue weighted by molar-refractivity contribution is -0.152. The number of likely N-dealkylation sites (tertiary alicyclic amines) is 1. The van der Waals surface area contributed by atoms with Crippen molar-refractivity contribution < 1.29 is 14.7 Å². The highest BCUT2D eigenvalue weighted by Gasteiger charge is 2.54. The van der Waals surface area contributed by atoms with Gasteiger partial charge in [0.05, 0.1) is 6.10 Å². The third-order valence-corrected chi connectivity index (χ3v) is 9.29. The van der Waals surface area contributed by atoms with Crippen LogP contribution in [0.2, 0.25) is 0 Å². The van der Waals surface area contributed by atoms with Gasteiger partial charge in [-0.15, -0.1) is 0 Å². The molecule has 4 fully saturated rings. The van der Waals surface area contributed by atoms with E-state index in [1.807, 2.05) is 11.8 Å². The second-order valence-corrected chi connectivity index (χ2v) is 11.5. The van der Waals surface area contributed by atoms with E-state index in [4.69, 9.17) is 0 Å². The minimum absolute atomic E-state index is 0.0234. The average molecular weight is 419 g/mol. The van der Waals surface area contributed by atoms with Crippen LogP contribution in [0.15, 0.2) is 0 Å². The van der Waals surface area contributed by atoms with Gasteiger partial charge >= 0.3 is 0 Å². The van der Waals surface area contributed by atoms with Crippen molar-refractivity contribution in [1.29, 1.82) is 0 Å². The Hall–Kier alpha value is -1.10. The highest BCUT2D eigenvalue weighted by Crippen LogP contribution is 2.55. The van der Waals surface area contributed by atoms with Crippen molar-refractivity contribution in [2.45, 2.75) is 91.2 Å². The predicted molar refractivity (Wildman–Crippen MR) is 118 cm³/mol. The summed E-state index contributed by atoms with van der Waals surface area (Å²) in [5.74, 6) is 1.64. The molecule has 0 bridgehead atoms. The molecule has 30 heavy (non-hydrogen) atoms. The van der Waals surface area contributed by atoms with Crippen molar-refractivity contribution in [2.75, 3.05) is 13.1 Å². The van der Waals surface area contributed by atoms with Crippen LogP contribution in [-0.4, -0.2) is 47.1 Å². The first-order valence-corrected chi connectivity index (χ1v) is 12.5. The lowest BCUT2D eigenvalue weighted by atomic mass is 9.51. The fraction of sp³-hybridized carbons (Fsp3) is 0.920. The normalized spacial score (nSPS) is 41.1. The van der Waals surface area contributed by atoms with Crippen LogP contribution >= 0.6 is 0 Å². The number of hydrogen-bond donors (Lipinski definition) is 2. The first-order valence-electron chi connectivity index (χ1n) is 12.5. The van der Waals surface area contributed by atoms with Crippen LogP contribution in [0, 0.1) is 40.9 Å². The summed E-state index contributed by atoms with van der Waals surface area (Å²) in [7, 11) is 0. The van der Waals surface area contributed by atoms with E-state index in [0.717, 1.165) is 64.5 Å². The Balaban J connectivity index is 1.44. The maximum absolute atomic E-state index is 13.2. The van der Waals surface area contributed by atoms with Gasteiger partial charge in [-0.25, -0.2) is 0 Å². The van der Waals surface area contributed by atoms with Crippen LogP contribution < -0.4 is 5.32 Å². The Bertz CT molecular complexity index is 655. The molecule has 170 valence electrons. The highest BCUT2D eigenvalue weighted by atomic mass is 16.3. The quantitative estimate of drug-likeness (QED) is 0.733. The number of nitrogens with zero attached hydrogens (tertiary/aromatic N) is 1. The van der Waals surface area contributed by atoms with E-state index in [1.54, 1.807) is 0 Å². The van der Waals surface area contributed by atoms with Crippen molar-refractivity contribution >= 4 is 11.8 Å². The van der Waals surface area contributed by atoms with E-state index in [-0.39, 0.29) is 52.9 Å². The Kier molecular flexibility index (Phi) is 6.22. The molecule has 7 atom stereocenters. The minimum Gasteiger partial charge on any atom is -0.392 e. The van der Waals surface area contributed by atoms with Gasteiger partial charge in [0.25, 0.3) is 0 Å². The molecule has 3 aliphatic carbocycles. The molecule has 1 saturated heterocycles. The molecule has 5 nitrogen and oxygen atoms in total. The first-order chi connectivity index (χ1) is 14.2. The van der Waals surface area contributed by atoms with Gasteiger partial charge in [0.15, 0.2) is 0 Å². The largest absolute Gasteiger partial charge is 0.392 e. The van der Waals surface area contributed by atoms with Gasteiger partial charge < -0.3 is 15.3 Å². The average Bonchev–Trinajstić information content (AvgIpc) is 3.55. The molecule has 0 aromatic carbocycles. The predicted octanol–water partition coefficient (Wildman–Crippen LogP) is 3.60. The molecule has 2 N–H and O–H groups in total. The molecular formula is C25H42N2O3. The standard InChI is InChI=1S/C25H42N2O3/c1-15-9-13-27(14-10-15)24(30)16(2)19-7-11-25(4)12-8-20(17(3)21(25)22(19)28)26-23(29)18-5-6-18/h15-22,28H,5-14H2,1-4H3,(H,26,29)/t16-,17+,19?,20-,21+,22-,25-/m0/s1. The summed E-state index contributed by atoms with van der Waals surface area (Å²) in [4.78, 5) is 27.6. The molecule has 2 amide bonds. The van der Waals surface area contributed by atoms with Crippen LogP contribution in [0.25, 0.3) is 0 Å². The summed E-state index contributed by atoms with van der Waals surface area (Å²) in [6.45, 7) is 10.6. The van der Waals surface area contributed by atoms with Crippen molar-refractivity contribution in [3.8, 4) is 0 Å². The molecule has 1 heterocycles. The Morgan fingerprint density at radius 2 is 1.67 bits per heavy atom. The fourth-order valence-corrected chi connectivity index (χ4v) is 6.84. The van der Waals surface area contributed by atoms with Crippen LogP contribution in [0.3, 0.4) is 0 Å². The van der Waals surface area contributed by atoms with Crippen LogP contribution in [0.4, 0.5) is 0 Å². The minimum atomic E-state index is -0.470. The van der Waals surface area contributed by atoms with Gasteiger partial charge in [-0.3, -0.25) is 9.59 Å². The maximum Gasteiger partial charge on any atom is 0.225 e. The lowest BCUT2D eigenvalue weighted by Crippen LogP contribution is -2.59. The zero-order valence-corrected chi connectivity index (χ0v) is 19.4. The summed E-state index contributed by atoms with van der Waals surface area (Å²) in [6, 6.07) is 0.152. The summed E-state index contributed by atoms with van der Waals surface area (Å²) in [5.41, 5.74) is 0.111. The number of amides is 2. The van der Waals surface area contributed by atoms with Gasteiger partial charge in [0.1, 0.15) is 0 Å². The SMILES string of the molecule is CC1CCN(C(=O)[C@@H](C)C2CC[C@@]3(C)CC[C@H](NC(=O)C4CC4)[C@@H](C)[C@@H]3[C@H]2O)CC1. The van der Waals surface area contributed by atoms with E-state index < -0.39 is 6.10 Å². The molecule has 4 aliphatic rings. The number of rotatable bonds is 4. The second kappa shape index (κ2) is 8.44. The molecule has 3 saturated carbocycles. The Labute approximate surface area is 182 Å². The second-order valence-electron chi connectivity index (χ2n) is 11.5. The number of nitrogens with one attached hydrogen (secondary N) is 1. The monoisotopic (exact) mass is 418 g/mol. The molecule has 5 heteroatoms. The van der Waals surface area contributed by atoms with Crippen molar-refractivity contribution in [1.82, 2.24) is 10.2 Å². The third kappa shape index (κ3) is 4.16.